The summed E-state index contributed by atoms with van der Waals surface area (Å²) in [5, 5.41) is 2.77. The molecule has 5 heteroatoms. The number of benzene rings is 1. The highest BCUT2D eigenvalue weighted by molar-refractivity contribution is 6.01. The van der Waals surface area contributed by atoms with E-state index >= 15 is 0 Å². The fourth-order valence-corrected chi connectivity index (χ4v) is 2.59. The topological polar surface area (TPSA) is 66.5 Å². The van der Waals surface area contributed by atoms with E-state index < -0.39 is 0 Å². The monoisotopic (exact) mass is 316 g/mol. The molecular weight excluding hydrogens is 292 g/mol. The molecule has 0 aromatic heterocycles. The van der Waals surface area contributed by atoms with Crippen molar-refractivity contribution in [3.63, 3.8) is 0 Å². The molecule has 1 aliphatic rings. The first-order valence-electron chi connectivity index (χ1n) is 8.16. The van der Waals surface area contributed by atoms with Crippen molar-refractivity contribution in [3.05, 3.63) is 35.4 Å². The molecule has 0 atom stereocenters. The van der Waals surface area contributed by atoms with Crippen LogP contribution in [0.4, 0.5) is 0 Å². The second-order valence-corrected chi connectivity index (χ2v) is 6.19. The van der Waals surface area contributed by atoms with Crippen LogP contribution < -0.4 is 5.32 Å². The van der Waals surface area contributed by atoms with E-state index in [0.717, 1.165) is 5.56 Å². The lowest BCUT2D eigenvalue weighted by molar-refractivity contribution is -0.138. The zero-order valence-electron chi connectivity index (χ0n) is 13.8. The van der Waals surface area contributed by atoms with Gasteiger partial charge in [0.05, 0.1) is 0 Å². The Morgan fingerprint density at radius 1 is 1.13 bits per heavy atom. The van der Waals surface area contributed by atoms with Gasteiger partial charge in [0.2, 0.25) is 17.7 Å². The first-order chi connectivity index (χ1) is 11.0. The van der Waals surface area contributed by atoms with Gasteiger partial charge in [0.25, 0.3) is 0 Å². The molecule has 2 rings (SSSR count). The normalized spacial score (nSPS) is 14.7. The SMILES string of the molecule is CC(C)c1ccc(CCC(=O)NCCN2C(=O)CCC2=O)cc1. The maximum atomic E-state index is 11.8. The molecule has 1 aromatic carbocycles. The van der Waals surface area contributed by atoms with Crippen molar-refractivity contribution in [1.29, 1.82) is 0 Å². The Kier molecular flexibility index (Phi) is 5.90. The Bertz CT molecular complexity index is 562. The summed E-state index contributed by atoms with van der Waals surface area (Å²) in [5.41, 5.74) is 2.42. The number of nitrogens with one attached hydrogen (secondary N) is 1. The van der Waals surface area contributed by atoms with Crippen molar-refractivity contribution in [1.82, 2.24) is 10.2 Å². The molecule has 5 nitrogen and oxygen atoms in total. The first kappa shape index (κ1) is 17.2. The minimum Gasteiger partial charge on any atom is -0.354 e. The third-order valence-electron chi connectivity index (χ3n) is 4.10. The lowest BCUT2D eigenvalue weighted by atomic mass is 10.0. The van der Waals surface area contributed by atoms with E-state index in [1.807, 2.05) is 0 Å². The van der Waals surface area contributed by atoms with Crippen molar-refractivity contribution in [2.45, 2.75) is 45.4 Å². The van der Waals surface area contributed by atoms with Gasteiger partial charge >= 0.3 is 0 Å². The van der Waals surface area contributed by atoms with Crippen LogP contribution in [0.2, 0.25) is 0 Å². The fourth-order valence-electron chi connectivity index (χ4n) is 2.59. The summed E-state index contributed by atoms with van der Waals surface area (Å²) >= 11 is 0. The molecule has 1 heterocycles. The van der Waals surface area contributed by atoms with Crippen LogP contribution >= 0.6 is 0 Å². The van der Waals surface area contributed by atoms with E-state index in [0.29, 0.717) is 38.1 Å². The number of aryl methyl sites for hydroxylation is 1. The van der Waals surface area contributed by atoms with Crippen LogP contribution in [0, 0.1) is 0 Å². The summed E-state index contributed by atoms with van der Waals surface area (Å²) in [6, 6.07) is 8.32. The van der Waals surface area contributed by atoms with Crippen LogP contribution in [0.3, 0.4) is 0 Å². The molecule has 1 aromatic rings. The summed E-state index contributed by atoms with van der Waals surface area (Å²) < 4.78 is 0. The van der Waals surface area contributed by atoms with Gasteiger partial charge in [-0.05, 0) is 23.5 Å². The van der Waals surface area contributed by atoms with Gasteiger partial charge < -0.3 is 5.32 Å². The molecule has 124 valence electrons. The molecule has 0 saturated carbocycles. The van der Waals surface area contributed by atoms with Gasteiger partial charge in [-0.15, -0.1) is 0 Å². The van der Waals surface area contributed by atoms with Crippen molar-refractivity contribution in [3.8, 4) is 0 Å². The Balaban J connectivity index is 1.69. The third kappa shape index (κ3) is 4.91. The number of carbonyl (C=O) groups is 3. The average molecular weight is 316 g/mol. The number of amides is 3. The Labute approximate surface area is 137 Å². The van der Waals surface area contributed by atoms with Gasteiger partial charge in [-0.1, -0.05) is 38.1 Å². The van der Waals surface area contributed by atoms with Gasteiger partial charge in [-0.2, -0.15) is 0 Å². The number of likely N-dealkylation sites (tertiary alicyclic amines) is 1. The Hall–Kier alpha value is -2.17. The van der Waals surface area contributed by atoms with Crippen molar-refractivity contribution >= 4 is 17.7 Å². The van der Waals surface area contributed by atoms with Crippen molar-refractivity contribution in [2.24, 2.45) is 0 Å². The van der Waals surface area contributed by atoms with Gasteiger partial charge in [0.1, 0.15) is 0 Å². The van der Waals surface area contributed by atoms with Gasteiger partial charge in [0, 0.05) is 32.4 Å². The summed E-state index contributed by atoms with van der Waals surface area (Å²) in [6.07, 6.45) is 1.67. The standard InChI is InChI=1S/C18H24N2O3/c1-13(2)15-6-3-14(4-7-15)5-8-16(21)19-11-12-20-17(22)9-10-18(20)23/h3-4,6-7,13H,5,8-12H2,1-2H3,(H,19,21). The maximum Gasteiger partial charge on any atom is 0.229 e. The predicted molar refractivity (Wildman–Crippen MR) is 87.8 cm³/mol. The van der Waals surface area contributed by atoms with E-state index in [1.165, 1.54) is 10.5 Å². The smallest absolute Gasteiger partial charge is 0.229 e. The number of hydrogen-bond donors (Lipinski definition) is 1. The minimum absolute atomic E-state index is 0.0583. The zero-order chi connectivity index (χ0) is 16.8. The second kappa shape index (κ2) is 7.90. The number of hydrogen-bond acceptors (Lipinski definition) is 3. The van der Waals surface area contributed by atoms with Crippen molar-refractivity contribution in [2.75, 3.05) is 13.1 Å². The van der Waals surface area contributed by atoms with Crippen LogP contribution in [0.5, 0.6) is 0 Å². The van der Waals surface area contributed by atoms with E-state index in [-0.39, 0.29) is 24.3 Å². The average Bonchev–Trinajstić information content (AvgIpc) is 2.85. The van der Waals surface area contributed by atoms with E-state index in [2.05, 4.69) is 43.4 Å². The molecule has 1 saturated heterocycles. The van der Waals surface area contributed by atoms with Crippen LogP contribution in [0.15, 0.2) is 24.3 Å². The first-order valence-corrected chi connectivity index (χ1v) is 8.16. The Morgan fingerprint density at radius 2 is 1.74 bits per heavy atom. The van der Waals surface area contributed by atoms with Gasteiger partial charge in [-0.25, -0.2) is 0 Å². The summed E-state index contributed by atoms with van der Waals surface area (Å²) in [5.74, 6) is 0.157. The van der Waals surface area contributed by atoms with Gasteiger partial charge in [-0.3, -0.25) is 19.3 Å². The van der Waals surface area contributed by atoms with E-state index in [1.54, 1.807) is 0 Å². The summed E-state index contributed by atoms with van der Waals surface area (Å²) in [4.78, 5) is 35.9. The molecule has 3 amide bonds. The maximum absolute atomic E-state index is 11.8. The van der Waals surface area contributed by atoms with Crippen molar-refractivity contribution < 1.29 is 14.4 Å². The lowest BCUT2D eigenvalue weighted by Crippen LogP contribution is -2.37. The van der Waals surface area contributed by atoms with Crippen LogP contribution in [0.1, 0.15) is 50.2 Å². The molecular formula is C18H24N2O3. The molecule has 23 heavy (non-hydrogen) atoms. The summed E-state index contributed by atoms with van der Waals surface area (Å²) in [7, 11) is 0. The van der Waals surface area contributed by atoms with Gasteiger partial charge in [0.15, 0.2) is 0 Å². The second-order valence-electron chi connectivity index (χ2n) is 6.19. The predicted octanol–water partition coefficient (Wildman–Crippen LogP) is 2.01. The number of nitrogens with zero attached hydrogens (tertiary/aromatic N) is 1. The van der Waals surface area contributed by atoms with E-state index in [4.69, 9.17) is 0 Å². The molecule has 0 aliphatic carbocycles. The minimum atomic E-state index is -0.144. The highest BCUT2D eigenvalue weighted by Crippen LogP contribution is 2.15. The molecule has 1 aliphatic heterocycles. The number of imide groups is 1. The highest BCUT2D eigenvalue weighted by atomic mass is 16.2. The van der Waals surface area contributed by atoms with Crippen LogP contribution in [-0.4, -0.2) is 35.7 Å². The molecule has 0 unspecified atom stereocenters. The largest absolute Gasteiger partial charge is 0.354 e. The third-order valence-corrected chi connectivity index (χ3v) is 4.10. The molecule has 0 spiro atoms. The molecule has 0 radical (unpaired) electrons. The summed E-state index contributed by atoms with van der Waals surface area (Å²) in [6.45, 7) is 4.89. The van der Waals surface area contributed by atoms with Crippen LogP contribution in [0.25, 0.3) is 0 Å². The van der Waals surface area contributed by atoms with E-state index in [9.17, 15) is 14.4 Å². The highest BCUT2D eigenvalue weighted by Gasteiger charge is 2.28. The zero-order valence-corrected chi connectivity index (χ0v) is 13.8. The number of carbonyl (C=O) groups excluding carboxylic acids is 3. The number of rotatable bonds is 7. The fraction of sp³-hybridized carbons (Fsp3) is 0.500. The molecule has 0 bridgehead atoms. The quantitative estimate of drug-likeness (QED) is 0.783. The lowest BCUT2D eigenvalue weighted by Gasteiger charge is -2.14. The van der Waals surface area contributed by atoms with Crippen LogP contribution in [-0.2, 0) is 20.8 Å². The molecule has 1 fully saturated rings. The molecule has 1 N–H and O–H groups in total. The Morgan fingerprint density at radius 3 is 2.30 bits per heavy atom.